The second kappa shape index (κ2) is 4.83. The van der Waals surface area contributed by atoms with E-state index in [1.165, 1.54) is 0 Å². The molecule has 1 amide bonds. The van der Waals surface area contributed by atoms with Crippen LogP contribution in [0.4, 0.5) is 0 Å². The first-order valence-corrected chi connectivity index (χ1v) is 6.08. The van der Waals surface area contributed by atoms with E-state index in [1.807, 2.05) is 6.08 Å². The lowest BCUT2D eigenvalue weighted by Crippen LogP contribution is -2.40. The van der Waals surface area contributed by atoms with Crippen molar-refractivity contribution in [3.05, 3.63) is 23.9 Å². The van der Waals surface area contributed by atoms with Crippen LogP contribution in [0.2, 0.25) is 0 Å². The first-order chi connectivity index (χ1) is 7.65. The van der Waals surface area contributed by atoms with E-state index in [-0.39, 0.29) is 11.9 Å². The molecule has 0 aromatic heterocycles. The largest absolute Gasteiger partial charge is 0.328 e. The number of hydrogen-bond acceptors (Lipinski definition) is 2. The third-order valence-corrected chi connectivity index (χ3v) is 3.27. The maximum absolute atomic E-state index is 11.9. The monoisotopic (exact) mass is 220 g/mol. The Morgan fingerprint density at radius 2 is 2.38 bits per heavy atom. The molecular weight excluding hydrogens is 200 g/mol. The van der Waals surface area contributed by atoms with Crippen LogP contribution in [0.1, 0.15) is 32.6 Å². The predicted octanol–water partition coefficient (Wildman–Crippen LogP) is 1.72. The molecule has 16 heavy (non-hydrogen) atoms. The van der Waals surface area contributed by atoms with E-state index in [2.05, 4.69) is 24.1 Å². The third kappa shape index (κ3) is 2.73. The number of rotatable bonds is 2. The quantitative estimate of drug-likeness (QED) is 0.744. The molecule has 1 aliphatic heterocycles. The van der Waals surface area contributed by atoms with Gasteiger partial charge in [0.2, 0.25) is 5.91 Å². The van der Waals surface area contributed by atoms with Gasteiger partial charge in [-0.05, 0) is 44.2 Å². The van der Waals surface area contributed by atoms with Crippen LogP contribution in [0.3, 0.4) is 0 Å². The fourth-order valence-corrected chi connectivity index (χ4v) is 2.35. The first-order valence-electron chi connectivity index (χ1n) is 6.08. The van der Waals surface area contributed by atoms with Crippen LogP contribution in [0.15, 0.2) is 23.9 Å². The molecular formula is C13H20N2O. The molecule has 0 aromatic carbocycles. The molecule has 1 heterocycles. The fourth-order valence-electron chi connectivity index (χ4n) is 2.35. The highest BCUT2D eigenvalue weighted by Gasteiger charge is 2.27. The summed E-state index contributed by atoms with van der Waals surface area (Å²) < 4.78 is 0. The molecule has 88 valence electrons. The molecule has 2 rings (SSSR count). The van der Waals surface area contributed by atoms with Crippen molar-refractivity contribution in [1.82, 2.24) is 10.6 Å². The van der Waals surface area contributed by atoms with Crippen molar-refractivity contribution >= 4 is 5.91 Å². The van der Waals surface area contributed by atoms with E-state index in [4.69, 9.17) is 0 Å². The molecule has 0 aromatic rings. The average Bonchev–Trinajstić information content (AvgIpc) is 2.65. The molecule has 0 radical (unpaired) electrons. The van der Waals surface area contributed by atoms with E-state index in [9.17, 15) is 4.79 Å². The van der Waals surface area contributed by atoms with Crippen molar-refractivity contribution < 1.29 is 4.79 Å². The maximum atomic E-state index is 11.9. The number of hydrogen-bond donors (Lipinski definition) is 2. The Morgan fingerprint density at radius 1 is 1.56 bits per heavy atom. The van der Waals surface area contributed by atoms with Gasteiger partial charge in [-0.25, -0.2) is 0 Å². The lowest BCUT2D eigenvalue weighted by Gasteiger charge is -2.17. The van der Waals surface area contributed by atoms with E-state index in [1.54, 1.807) is 0 Å². The molecule has 2 unspecified atom stereocenters. The highest BCUT2D eigenvalue weighted by molar-refractivity contribution is 5.83. The third-order valence-electron chi connectivity index (χ3n) is 3.27. The SMILES string of the molecule is C=C1C=C(NC(=O)C2CC(C)CN2)CCC1. The fraction of sp³-hybridized carbons (Fsp3) is 0.615. The van der Waals surface area contributed by atoms with Crippen LogP contribution in [-0.2, 0) is 4.79 Å². The Balaban J connectivity index is 1.89. The van der Waals surface area contributed by atoms with Crippen molar-refractivity contribution in [2.45, 2.75) is 38.6 Å². The van der Waals surface area contributed by atoms with Crippen molar-refractivity contribution in [3.63, 3.8) is 0 Å². The van der Waals surface area contributed by atoms with E-state index < -0.39 is 0 Å². The summed E-state index contributed by atoms with van der Waals surface area (Å²) in [7, 11) is 0. The van der Waals surface area contributed by atoms with E-state index in [0.717, 1.165) is 43.5 Å². The van der Waals surface area contributed by atoms with Gasteiger partial charge in [-0.3, -0.25) is 4.79 Å². The molecule has 3 heteroatoms. The molecule has 1 saturated heterocycles. The van der Waals surface area contributed by atoms with Gasteiger partial charge in [0.1, 0.15) is 0 Å². The van der Waals surface area contributed by atoms with Gasteiger partial charge < -0.3 is 10.6 Å². The molecule has 2 aliphatic rings. The van der Waals surface area contributed by atoms with Gasteiger partial charge in [-0.15, -0.1) is 0 Å². The lowest BCUT2D eigenvalue weighted by atomic mass is 10.0. The summed E-state index contributed by atoms with van der Waals surface area (Å²) in [6.45, 7) is 7.05. The van der Waals surface area contributed by atoms with Gasteiger partial charge in [0, 0.05) is 5.70 Å². The molecule has 0 spiro atoms. The zero-order valence-electron chi connectivity index (χ0n) is 9.88. The zero-order chi connectivity index (χ0) is 11.5. The Bertz CT molecular complexity index is 333. The van der Waals surface area contributed by atoms with Gasteiger partial charge in [-0.1, -0.05) is 19.1 Å². The van der Waals surface area contributed by atoms with Crippen LogP contribution < -0.4 is 10.6 Å². The van der Waals surface area contributed by atoms with Crippen LogP contribution in [0, 0.1) is 5.92 Å². The molecule has 0 bridgehead atoms. The summed E-state index contributed by atoms with van der Waals surface area (Å²) in [6, 6.07) is -0.00825. The van der Waals surface area contributed by atoms with Gasteiger partial charge in [0.15, 0.2) is 0 Å². The summed E-state index contributed by atoms with van der Waals surface area (Å²) in [6.07, 6.45) is 6.07. The van der Waals surface area contributed by atoms with E-state index >= 15 is 0 Å². The average molecular weight is 220 g/mol. The number of amides is 1. The number of nitrogens with one attached hydrogen (secondary N) is 2. The maximum Gasteiger partial charge on any atom is 0.241 e. The van der Waals surface area contributed by atoms with Crippen LogP contribution in [0.5, 0.6) is 0 Å². The Labute approximate surface area is 97.0 Å². The Hall–Kier alpha value is -1.09. The van der Waals surface area contributed by atoms with Crippen molar-refractivity contribution in [1.29, 1.82) is 0 Å². The second-order valence-corrected chi connectivity index (χ2v) is 4.97. The predicted molar refractivity (Wildman–Crippen MR) is 64.8 cm³/mol. The summed E-state index contributed by atoms with van der Waals surface area (Å²) in [4.78, 5) is 11.9. The molecule has 2 N–H and O–H groups in total. The van der Waals surface area contributed by atoms with Crippen molar-refractivity contribution in [2.24, 2.45) is 5.92 Å². The number of allylic oxidation sites excluding steroid dienone is 3. The summed E-state index contributed by atoms with van der Waals surface area (Å²) >= 11 is 0. The molecule has 1 fully saturated rings. The van der Waals surface area contributed by atoms with E-state index in [0.29, 0.717) is 5.92 Å². The minimum absolute atomic E-state index is 0.00825. The first kappa shape index (κ1) is 11.4. The van der Waals surface area contributed by atoms with Crippen molar-refractivity contribution in [2.75, 3.05) is 6.54 Å². The second-order valence-electron chi connectivity index (χ2n) is 4.97. The van der Waals surface area contributed by atoms with Gasteiger partial charge >= 0.3 is 0 Å². The topological polar surface area (TPSA) is 41.1 Å². The van der Waals surface area contributed by atoms with Gasteiger partial charge in [-0.2, -0.15) is 0 Å². The standard InChI is InChI=1S/C13H20N2O/c1-9-4-3-5-11(6-9)15-13(16)12-7-10(2)8-14-12/h6,10,12,14H,1,3-5,7-8H2,2H3,(H,15,16). The smallest absolute Gasteiger partial charge is 0.241 e. The molecule has 1 aliphatic carbocycles. The summed E-state index contributed by atoms with van der Waals surface area (Å²) in [5.41, 5.74) is 2.15. The minimum atomic E-state index is -0.00825. The van der Waals surface area contributed by atoms with Gasteiger partial charge in [0.05, 0.1) is 6.04 Å². The van der Waals surface area contributed by atoms with Crippen LogP contribution in [-0.4, -0.2) is 18.5 Å². The lowest BCUT2D eigenvalue weighted by molar-refractivity contribution is -0.122. The number of carbonyl (C=O) groups excluding carboxylic acids is 1. The minimum Gasteiger partial charge on any atom is -0.328 e. The van der Waals surface area contributed by atoms with Crippen LogP contribution >= 0.6 is 0 Å². The molecule has 0 saturated carbocycles. The normalized spacial score (nSPS) is 30.1. The zero-order valence-corrected chi connectivity index (χ0v) is 9.88. The van der Waals surface area contributed by atoms with Crippen molar-refractivity contribution in [3.8, 4) is 0 Å². The molecule has 2 atom stereocenters. The molecule has 3 nitrogen and oxygen atoms in total. The summed E-state index contributed by atoms with van der Waals surface area (Å²) in [5.74, 6) is 0.719. The summed E-state index contributed by atoms with van der Waals surface area (Å²) in [5, 5.41) is 6.26. The highest BCUT2D eigenvalue weighted by atomic mass is 16.2. The Morgan fingerprint density at radius 3 is 3.00 bits per heavy atom. The number of carbonyl (C=O) groups is 1. The Kier molecular flexibility index (Phi) is 3.44. The highest BCUT2D eigenvalue weighted by Crippen LogP contribution is 2.20. The van der Waals surface area contributed by atoms with Gasteiger partial charge in [0.25, 0.3) is 0 Å². The van der Waals surface area contributed by atoms with Crippen LogP contribution in [0.25, 0.3) is 0 Å².